The first kappa shape index (κ1) is 35.5. The molecule has 0 spiro atoms. The van der Waals surface area contributed by atoms with Gasteiger partial charge in [0.2, 0.25) is 0 Å². The number of aliphatic hydroxyl groups is 6. The van der Waals surface area contributed by atoms with Gasteiger partial charge in [-0.3, -0.25) is 4.79 Å². The summed E-state index contributed by atoms with van der Waals surface area (Å²) < 4.78 is 17.7. The summed E-state index contributed by atoms with van der Waals surface area (Å²) in [7, 11) is 0. The second-order valence-electron chi connectivity index (χ2n) is 16.1. The highest BCUT2D eigenvalue weighted by molar-refractivity contribution is 5.65. The SMILES string of the molecule is CC(=O)OC[C@H](C)CCC[C@@H](C)[C@H]1CCC2C3C(O[C@@H]4O[C@H](CO)[C@H](O)[C@H](O)[C@H]4O)C[C@@H]4C[C@H](O)CC[C@]4(C)C3C[C@H](O)[C@@]21C. The van der Waals surface area contributed by atoms with E-state index >= 15 is 0 Å². The lowest BCUT2D eigenvalue weighted by atomic mass is 9.43. The van der Waals surface area contributed by atoms with Gasteiger partial charge in [-0.2, -0.15) is 0 Å². The van der Waals surface area contributed by atoms with Crippen molar-refractivity contribution in [3.63, 3.8) is 0 Å². The Hall–Kier alpha value is -0.850. The lowest BCUT2D eigenvalue weighted by Gasteiger charge is -2.64. The first-order valence-electron chi connectivity index (χ1n) is 17.7. The van der Waals surface area contributed by atoms with E-state index in [0.717, 1.165) is 44.9 Å². The molecular weight excluding hydrogens is 580 g/mol. The molecule has 17 atom stereocenters. The fraction of sp³-hybridized carbons (Fsp3) is 0.971. The molecule has 10 heteroatoms. The number of fused-ring (bicyclic) bond motifs is 5. The molecule has 6 N–H and O–H groups in total. The van der Waals surface area contributed by atoms with Crippen molar-refractivity contribution in [1.82, 2.24) is 0 Å². The van der Waals surface area contributed by atoms with Gasteiger partial charge in [-0.15, -0.1) is 0 Å². The van der Waals surface area contributed by atoms with E-state index in [-0.39, 0.29) is 52.7 Å². The molecule has 0 bridgehead atoms. The minimum absolute atomic E-state index is 0.0524. The Labute approximate surface area is 268 Å². The highest BCUT2D eigenvalue weighted by atomic mass is 16.7. The molecule has 0 aromatic rings. The van der Waals surface area contributed by atoms with Crippen LogP contribution >= 0.6 is 0 Å². The largest absolute Gasteiger partial charge is 0.466 e. The highest BCUT2D eigenvalue weighted by Gasteiger charge is 2.66. The van der Waals surface area contributed by atoms with Crippen LogP contribution in [-0.2, 0) is 19.0 Å². The van der Waals surface area contributed by atoms with E-state index in [9.17, 15) is 35.4 Å². The van der Waals surface area contributed by atoms with Gasteiger partial charge in [0.05, 0.1) is 31.5 Å². The molecule has 5 aliphatic rings. The Morgan fingerprint density at radius 3 is 2.36 bits per heavy atom. The molecular formula is C35H60O10. The number of hydrogen-bond donors (Lipinski definition) is 6. The van der Waals surface area contributed by atoms with Gasteiger partial charge in [0.15, 0.2) is 6.29 Å². The van der Waals surface area contributed by atoms with E-state index in [4.69, 9.17) is 14.2 Å². The van der Waals surface area contributed by atoms with Crippen molar-refractivity contribution in [2.75, 3.05) is 13.2 Å². The first-order chi connectivity index (χ1) is 21.2. The molecule has 5 fully saturated rings. The van der Waals surface area contributed by atoms with Crippen molar-refractivity contribution in [3.8, 4) is 0 Å². The predicted octanol–water partition coefficient (Wildman–Crippen LogP) is 2.78. The van der Waals surface area contributed by atoms with E-state index in [2.05, 4.69) is 27.7 Å². The minimum atomic E-state index is -1.51. The Kier molecular flexibility index (Phi) is 11.0. The maximum atomic E-state index is 12.1. The zero-order valence-corrected chi connectivity index (χ0v) is 28.0. The van der Waals surface area contributed by atoms with Crippen molar-refractivity contribution in [3.05, 3.63) is 0 Å². The fourth-order valence-corrected chi connectivity index (χ4v) is 10.9. The summed E-state index contributed by atoms with van der Waals surface area (Å²) in [5, 5.41) is 64.3. The molecule has 45 heavy (non-hydrogen) atoms. The summed E-state index contributed by atoms with van der Waals surface area (Å²) >= 11 is 0. The Morgan fingerprint density at radius 1 is 0.933 bits per heavy atom. The molecule has 1 saturated heterocycles. The van der Waals surface area contributed by atoms with Crippen molar-refractivity contribution in [2.45, 2.75) is 148 Å². The monoisotopic (exact) mass is 640 g/mol. The molecule has 4 unspecified atom stereocenters. The van der Waals surface area contributed by atoms with Crippen LogP contribution < -0.4 is 0 Å². The van der Waals surface area contributed by atoms with Crippen LogP contribution in [0.4, 0.5) is 0 Å². The average Bonchev–Trinajstić information content (AvgIpc) is 3.36. The van der Waals surface area contributed by atoms with Gasteiger partial charge in [0.1, 0.15) is 24.4 Å². The molecule has 0 aromatic carbocycles. The van der Waals surface area contributed by atoms with Crippen LogP contribution in [-0.4, -0.2) is 98.8 Å². The number of carbonyl (C=O) groups excluding carboxylic acids is 1. The van der Waals surface area contributed by atoms with E-state index in [0.29, 0.717) is 43.6 Å². The van der Waals surface area contributed by atoms with Gasteiger partial charge in [-0.05, 0) is 104 Å². The maximum absolute atomic E-state index is 12.1. The summed E-state index contributed by atoms with van der Waals surface area (Å²) in [6.45, 7) is 10.4. The second kappa shape index (κ2) is 13.9. The number of carbonyl (C=O) groups is 1. The van der Waals surface area contributed by atoms with Crippen LogP contribution in [0.25, 0.3) is 0 Å². The third-order valence-electron chi connectivity index (χ3n) is 13.6. The van der Waals surface area contributed by atoms with E-state index in [1.165, 1.54) is 6.92 Å². The number of hydrogen-bond acceptors (Lipinski definition) is 10. The molecule has 10 nitrogen and oxygen atoms in total. The molecule has 4 aliphatic carbocycles. The molecule has 0 radical (unpaired) electrons. The summed E-state index contributed by atoms with van der Waals surface area (Å²) in [5.74, 6) is 1.46. The van der Waals surface area contributed by atoms with E-state index in [1.54, 1.807) is 0 Å². The van der Waals surface area contributed by atoms with Gasteiger partial charge in [0.25, 0.3) is 0 Å². The molecule has 4 saturated carbocycles. The Morgan fingerprint density at radius 2 is 1.67 bits per heavy atom. The van der Waals surface area contributed by atoms with Crippen LogP contribution in [0.1, 0.15) is 98.8 Å². The summed E-state index contributed by atoms with van der Waals surface area (Å²) in [6.07, 6.45) is 0.909. The van der Waals surface area contributed by atoms with Crippen molar-refractivity contribution in [2.24, 2.45) is 52.3 Å². The summed E-state index contributed by atoms with van der Waals surface area (Å²) in [4.78, 5) is 11.2. The number of aliphatic hydroxyl groups excluding tert-OH is 6. The lowest BCUT2D eigenvalue weighted by molar-refractivity contribution is -0.330. The topological polar surface area (TPSA) is 166 Å². The zero-order valence-electron chi connectivity index (χ0n) is 28.0. The molecule has 5 rings (SSSR count). The molecule has 1 aliphatic heterocycles. The fourth-order valence-electron chi connectivity index (χ4n) is 10.9. The highest BCUT2D eigenvalue weighted by Crippen LogP contribution is 2.69. The van der Waals surface area contributed by atoms with E-state index in [1.807, 2.05) is 0 Å². The van der Waals surface area contributed by atoms with Crippen LogP contribution in [0.15, 0.2) is 0 Å². The Balaban J connectivity index is 1.37. The number of rotatable bonds is 10. The van der Waals surface area contributed by atoms with E-state index < -0.39 is 43.4 Å². The van der Waals surface area contributed by atoms with Crippen LogP contribution in [0.3, 0.4) is 0 Å². The summed E-state index contributed by atoms with van der Waals surface area (Å²) in [5.41, 5.74) is -0.360. The van der Waals surface area contributed by atoms with Crippen LogP contribution in [0, 0.1) is 52.3 Å². The van der Waals surface area contributed by atoms with Crippen LogP contribution in [0.2, 0.25) is 0 Å². The quantitative estimate of drug-likeness (QED) is 0.154. The third-order valence-corrected chi connectivity index (χ3v) is 13.6. The van der Waals surface area contributed by atoms with Gasteiger partial charge in [-0.25, -0.2) is 0 Å². The van der Waals surface area contributed by atoms with Gasteiger partial charge < -0.3 is 44.8 Å². The van der Waals surface area contributed by atoms with Gasteiger partial charge in [0, 0.05) is 6.92 Å². The minimum Gasteiger partial charge on any atom is -0.466 e. The third kappa shape index (κ3) is 6.61. The second-order valence-corrected chi connectivity index (χ2v) is 16.1. The smallest absolute Gasteiger partial charge is 0.302 e. The predicted molar refractivity (Wildman–Crippen MR) is 165 cm³/mol. The Bertz CT molecular complexity index is 1010. The van der Waals surface area contributed by atoms with Crippen molar-refractivity contribution < 1.29 is 49.6 Å². The first-order valence-corrected chi connectivity index (χ1v) is 17.7. The summed E-state index contributed by atoms with van der Waals surface area (Å²) in [6, 6.07) is 0. The molecule has 260 valence electrons. The number of ether oxygens (including phenoxy) is 3. The maximum Gasteiger partial charge on any atom is 0.302 e. The van der Waals surface area contributed by atoms with Crippen LogP contribution in [0.5, 0.6) is 0 Å². The molecule has 1 heterocycles. The van der Waals surface area contributed by atoms with Crippen molar-refractivity contribution in [1.29, 1.82) is 0 Å². The van der Waals surface area contributed by atoms with Gasteiger partial charge >= 0.3 is 5.97 Å². The zero-order chi connectivity index (χ0) is 32.8. The van der Waals surface area contributed by atoms with Gasteiger partial charge in [-0.1, -0.05) is 40.5 Å². The number of esters is 1. The normalized spacial score (nSPS) is 49.4. The van der Waals surface area contributed by atoms with Crippen molar-refractivity contribution >= 4 is 5.97 Å². The standard InChI is InChI=1S/C35H60O10/c1-18(17-43-20(3)37)7-6-8-19(2)23-9-10-24-29-25(15-28(39)35(23,24)5)34(4)12-11-22(38)13-21(34)14-26(29)44-33-32(42)31(41)30(40)27(16-36)45-33/h18-19,21-33,36,38-42H,6-17H2,1-5H3/t18-,19-,21+,22-,23-,24?,25?,26?,27-,28+,29?,30+,31+,32-,33-,34+,35-/m1/s1. The molecule has 0 aromatic heterocycles. The lowest BCUT2D eigenvalue weighted by Crippen LogP contribution is -2.65. The molecule has 0 amide bonds. The average molecular weight is 641 g/mol.